The first-order valence-corrected chi connectivity index (χ1v) is 9.59. The van der Waals surface area contributed by atoms with Crippen LogP contribution in [0.25, 0.3) is 0 Å². The molecule has 0 aliphatic carbocycles. The summed E-state index contributed by atoms with van der Waals surface area (Å²) in [5.74, 6) is 0.734. The molecule has 5 heteroatoms. The van der Waals surface area contributed by atoms with Crippen molar-refractivity contribution in [3.63, 3.8) is 0 Å². The zero-order valence-electron chi connectivity index (χ0n) is 13.2. The number of nitrogens with zero attached hydrogens (tertiary/aromatic N) is 1. The predicted molar refractivity (Wildman–Crippen MR) is 101 cm³/mol. The second-order valence-corrected chi connectivity index (χ2v) is 7.16. The van der Waals surface area contributed by atoms with Crippen molar-refractivity contribution in [2.24, 2.45) is 5.10 Å². The Morgan fingerprint density at radius 3 is 2.52 bits per heavy atom. The van der Waals surface area contributed by atoms with Crippen molar-refractivity contribution >= 4 is 35.6 Å². The molecule has 1 amide bonds. The quantitative estimate of drug-likeness (QED) is 0.465. The first-order chi connectivity index (χ1) is 11.2. The van der Waals surface area contributed by atoms with Crippen LogP contribution in [-0.4, -0.2) is 23.6 Å². The molecule has 0 radical (unpaired) electrons. The van der Waals surface area contributed by atoms with Gasteiger partial charge < -0.3 is 0 Å². The molecular weight excluding hydrogens is 324 g/mol. The fraction of sp³-hybridized carbons (Fsp3) is 0.222. The number of hydrogen-bond donors (Lipinski definition) is 1. The lowest BCUT2D eigenvalue weighted by Gasteiger charge is -2.09. The molecule has 2 rings (SSSR count). The van der Waals surface area contributed by atoms with Gasteiger partial charge in [-0.25, -0.2) is 5.43 Å². The number of thioether (sulfide) groups is 2. The Kier molecular flexibility index (Phi) is 7.23. The number of carbonyl (C=O) groups is 1. The zero-order chi connectivity index (χ0) is 16.5. The maximum absolute atomic E-state index is 12.0. The van der Waals surface area contributed by atoms with Crippen molar-refractivity contribution in [3.05, 3.63) is 65.7 Å². The summed E-state index contributed by atoms with van der Waals surface area (Å²) in [6.07, 6.45) is 3.70. The third-order valence-electron chi connectivity index (χ3n) is 3.22. The van der Waals surface area contributed by atoms with Crippen LogP contribution in [0.5, 0.6) is 0 Å². The lowest BCUT2D eigenvalue weighted by molar-refractivity contribution is -0.120. The number of benzene rings is 2. The average Bonchev–Trinajstić information content (AvgIpc) is 2.61. The van der Waals surface area contributed by atoms with E-state index >= 15 is 0 Å². The highest BCUT2D eigenvalue weighted by Gasteiger charge is 2.12. The number of amides is 1. The second kappa shape index (κ2) is 9.43. The molecule has 0 heterocycles. The smallest absolute Gasteiger partial charge is 0.252 e. The zero-order valence-corrected chi connectivity index (χ0v) is 14.9. The highest BCUT2D eigenvalue weighted by molar-refractivity contribution is 7.99. The van der Waals surface area contributed by atoms with Crippen LogP contribution in [0, 0.1) is 0 Å². The van der Waals surface area contributed by atoms with Crippen molar-refractivity contribution in [3.8, 4) is 0 Å². The maximum Gasteiger partial charge on any atom is 0.252 e. The SMILES string of the molecule is CSc1ccc(/C=N\NC(=O)[C@@H](C)SCc2ccccc2)cc1. The molecule has 0 aromatic heterocycles. The molecule has 0 spiro atoms. The summed E-state index contributed by atoms with van der Waals surface area (Å²) >= 11 is 3.30. The molecule has 2 aromatic carbocycles. The van der Waals surface area contributed by atoms with Crippen LogP contribution in [0.2, 0.25) is 0 Å². The van der Waals surface area contributed by atoms with E-state index in [2.05, 4.69) is 22.7 Å². The van der Waals surface area contributed by atoms with Crippen LogP contribution in [0.3, 0.4) is 0 Å². The summed E-state index contributed by atoms with van der Waals surface area (Å²) < 4.78 is 0. The van der Waals surface area contributed by atoms with E-state index in [4.69, 9.17) is 0 Å². The van der Waals surface area contributed by atoms with Gasteiger partial charge in [0.15, 0.2) is 0 Å². The highest BCUT2D eigenvalue weighted by atomic mass is 32.2. The van der Waals surface area contributed by atoms with Crippen LogP contribution in [0.4, 0.5) is 0 Å². The van der Waals surface area contributed by atoms with Gasteiger partial charge in [0.2, 0.25) is 0 Å². The van der Waals surface area contributed by atoms with Crippen molar-refractivity contribution in [1.29, 1.82) is 0 Å². The average molecular weight is 345 g/mol. The number of carbonyl (C=O) groups excluding carboxylic acids is 1. The molecule has 0 fully saturated rings. The molecule has 2 aromatic rings. The van der Waals surface area contributed by atoms with Gasteiger partial charge in [-0.3, -0.25) is 4.79 Å². The molecule has 120 valence electrons. The van der Waals surface area contributed by atoms with Crippen LogP contribution < -0.4 is 5.43 Å². The third-order valence-corrected chi connectivity index (χ3v) is 5.17. The molecule has 1 N–H and O–H groups in total. The highest BCUT2D eigenvalue weighted by Crippen LogP contribution is 2.17. The first kappa shape index (κ1) is 17.6. The van der Waals surface area contributed by atoms with Gasteiger partial charge in [-0.15, -0.1) is 23.5 Å². The molecule has 0 saturated heterocycles. The van der Waals surface area contributed by atoms with Crippen LogP contribution in [0.15, 0.2) is 64.6 Å². The standard InChI is InChI=1S/C18H20N2OS2/c1-14(23-13-16-6-4-3-5-7-16)18(21)20-19-12-15-8-10-17(22-2)11-9-15/h3-12,14H,13H2,1-2H3,(H,20,21)/b19-12-/t14-/m1/s1. The second-order valence-electron chi connectivity index (χ2n) is 4.95. The van der Waals surface area contributed by atoms with Crippen LogP contribution >= 0.6 is 23.5 Å². The van der Waals surface area contributed by atoms with Gasteiger partial charge in [0, 0.05) is 10.6 Å². The summed E-state index contributed by atoms with van der Waals surface area (Å²) in [5.41, 5.74) is 4.78. The molecule has 0 aliphatic heterocycles. The van der Waals surface area contributed by atoms with Crippen molar-refractivity contribution in [2.45, 2.75) is 22.8 Å². The molecule has 0 aliphatic rings. The Hall–Kier alpha value is -1.72. The van der Waals surface area contributed by atoms with Crippen molar-refractivity contribution in [1.82, 2.24) is 5.43 Å². The normalized spacial score (nSPS) is 12.3. The molecule has 23 heavy (non-hydrogen) atoms. The topological polar surface area (TPSA) is 41.5 Å². The molecule has 0 saturated carbocycles. The Balaban J connectivity index is 1.77. The summed E-state index contributed by atoms with van der Waals surface area (Å²) in [4.78, 5) is 13.2. The van der Waals surface area contributed by atoms with Gasteiger partial charge in [-0.05, 0) is 36.4 Å². The molecule has 1 atom stereocenters. The molecule has 0 bridgehead atoms. The molecular formula is C18H20N2OS2. The lowest BCUT2D eigenvalue weighted by atomic mass is 10.2. The minimum atomic E-state index is -0.147. The molecule has 0 unspecified atom stereocenters. The van der Waals surface area contributed by atoms with Crippen molar-refractivity contribution < 1.29 is 4.79 Å². The van der Waals surface area contributed by atoms with E-state index in [9.17, 15) is 4.79 Å². The van der Waals surface area contributed by atoms with E-state index in [0.29, 0.717) is 0 Å². The van der Waals surface area contributed by atoms with Gasteiger partial charge in [0.1, 0.15) is 0 Å². The van der Waals surface area contributed by atoms with Gasteiger partial charge in [0.25, 0.3) is 5.91 Å². The Morgan fingerprint density at radius 1 is 1.17 bits per heavy atom. The van der Waals surface area contributed by atoms with E-state index in [-0.39, 0.29) is 11.2 Å². The van der Waals surface area contributed by atoms with Gasteiger partial charge in [0.05, 0.1) is 11.5 Å². The maximum atomic E-state index is 12.0. The van der Waals surface area contributed by atoms with E-state index in [0.717, 1.165) is 11.3 Å². The predicted octanol–water partition coefficient (Wildman–Crippen LogP) is 4.18. The number of hydrazone groups is 1. The van der Waals surface area contributed by atoms with E-state index in [1.165, 1.54) is 10.5 Å². The number of nitrogens with one attached hydrogen (secondary N) is 1. The van der Waals surface area contributed by atoms with Gasteiger partial charge in [-0.1, -0.05) is 42.5 Å². The Labute approximate surface area is 146 Å². The Morgan fingerprint density at radius 2 is 1.87 bits per heavy atom. The summed E-state index contributed by atoms with van der Waals surface area (Å²) in [6, 6.07) is 18.2. The first-order valence-electron chi connectivity index (χ1n) is 7.31. The van der Waals surface area contributed by atoms with Crippen LogP contribution in [0.1, 0.15) is 18.1 Å². The Bertz CT molecular complexity index is 642. The minimum absolute atomic E-state index is 0.0806. The minimum Gasteiger partial charge on any atom is -0.272 e. The van der Waals surface area contributed by atoms with E-state index < -0.39 is 0 Å². The fourth-order valence-electron chi connectivity index (χ4n) is 1.82. The fourth-order valence-corrected chi connectivity index (χ4v) is 3.07. The third kappa shape index (κ3) is 6.12. The van der Waals surface area contributed by atoms with Crippen molar-refractivity contribution in [2.75, 3.05) is 6.26 Å². The summed E-state index contributed by atoms with van der Waals surface area (Å²) in [7, 11) is 0. The summed E-state index contributed by atoms with van der Waals surface area (Å²) in [6.45, 7) is 1.89. The lowest BCUT2D eigenvalue weighted by Crippen LogP contribution is -2.26. The van der Waals surface area contributed by atoms with E-state index in [1.807, 2.05) is 55.6 Å². The number of hydrogen-bond acceptors (Lipinski definition) is 4. The monoisotopic (exact) mass is 344 g/mol. The summed E-state index contributed by atoms with van der Waals surface area (Å²) in [5, 5.41) is 3.88. The van der Waals surface area contributed by atoms with E-state index in [1.54, 1.807) is 29.7 Å². The number of rotatable bonds is 7. The van der Waals surface area contributed by atoms with Gasteiger partial charge in [-0.2, -0.15) is 5.10 Å². The van der Waals surface area contributed by atoms with Gasteiger partial charge >= 0.3 is 0 Å². The molecule has 3 nitrogen and oxygen atoms in total. The van der Waals surface area contributed by atoms with Crippen LogP contribution in [-0.2, 0) is 10.5 Å². The largest absolute Gasteiger partial charge is 0.272 e.